The maximum absolute atomic E-state index is 3.46. The first-order valence-corrected chi connectivity index (χ1v) is 6.82. The smallest absolute Gasteiger partial charge is 0.0232 e. The summed E-state index contributed by atoms with van der Waals surface area (Å²) in [7, 11) is 2.08. The van der Waals surface area contributed by atoms with Gasteiger partial charge in [-0.25, -0.2) is 0 Å². The molecule has 2 nitrogen and oxygen atoms in total. The van der Waals surface area contributed by atoms with Crippen LogP contribution in [0.15, 0.2) is 30.3 Å². The third-order valence-electron chi connectivity index (χ3n) is 3.66. The van der Waals surface area contributed by atoms with Gasteiger partial charge in [-0.15, -0.1) is 0 Å². The van der Waals surface area contributed by atoms with Crippen LogP contribution in [0.5, 0.6) is 0 Å². The molecule has 1 aromatic carbocycles. The van der Waals surface area contributed by atoms with E-state index in [4.69, 9.17) is 0 Å². The monoisotopic (exact) mass is 232 g/mol. The number of nitrogens with one attached hydrogen (secondary N) is 1. The molecule has 0 amide bonds. The van der Waals surface area contributed by atoms with E-state index in [1.54, 1.807) is 0 Å². The van der Waals surface area contributed by atoms with Gasteiger partial charge < -0.3 is 10.2 Å². The van der Waals surface area contributed by atoms with E-state index in [2.05, 4.69) is 47.6 Å². The molecule has 94 valence electrons. The number of rotatable bonds is 5. The minimum Gasteiger partial charge on any atom is -0.315 e. The number of nitrogens with zero attached hydrogens (tertiary/aromatic N) is 1. The number of likely N-dealkylation sites (N-methyl/N-ethyl adjacent to an activating group) is 1. The Balaban J connectivity index is 1.83. The van der Waals surface area contributed by atoms with E-state index < -0.39 is 0 Å². The minimum atomic E-state index is 0.579. The number of piperidine rings is 1. The van der Waals surface area contributed by atoms with Crippen LogP contribution in [0.1, 0.15) is 24.8 Å². The van der Waals surface area contributed by atoms with Gasteiger partial charge in [-0.1, -0.05) is 36.8 Å². The Labute approximate surface area is 105 Å². The number of hydrogen-bond donors (Lipinski definition) is 1. The van der Waals surface area contributed by atoms with Crippen LogP contribution in [0, 0.1) is 0 Å². The molecule has 1 N–H and O–H groups in total. The normalized spacial score (nSPS) is 19.1. The van der Waals surface area contributed by atoms with Gasteiger partial charge in [0.15, 0.2) is 0 Å². The van der Waals surface area contributed by atoms with Crippen LogP contribution in [0.2, 0.25) is 0 Å². The molecule has 1 fully saturated rings. The summed E-state index contributed by atoms with van der Waals surface area (Å²) in [6.45, 7) is 3.76. The van der Waals surface area contributed by atoms with Crippen LogP contribution in [-0.2, 0) is 6.42 Å². The molecular formula is C15H24N2. The fraction of sp³-hybridized carbons (Fsp3) is 0.600. The molecule has 2 rings (SSSR count). The van der Waals surface area contributed by atoms with Gasteiger partial charge in [0.2, 0.25) is 0 Å². The second-order valence-electron chi connectivity index (χ2n) is 5.04. The second-order valence-corrected chi connectivity index (χ2v) is 5.04. The van der Waals surface area contributed by atoms with Crippen LogP contribution < -0.4 is 5.32 Å². The van der Waals surface area contributed by atoms with Crippen molar-refractivity contribution in [2.45, 2.75) is 31.7 Å². The Bertz CT molecular complexity index is 304. The third-order valence-corrected chi connectivity index (χ3v) is 3.66. The van der Waals surface area contributed by atoms with Crippen molar-refractivity contribution in [2.24, 2.45) is 0 Å². The average Bonchev–Trinajstić information content (AvgIpc) is 2.40. The highest BCUT2D eigenvalue weighted by Crippen LogP contribution is 2.10. The van der Waals surface area contributed by atoms with Gasteiger partial charge in [0.25, 0.3) is 0 Å². The Kier molecular flexibility index (Phi) is 5.02. The molecule has 1 heterocycles. The van der Waals surface area contributed by atoms with Crippen LogP contribution in [0.4, 0.5) is 0 Å². The quantitative estimate of drug-likeness (QED) is 0.838. The van der Waals surface area contributed by atoms with E-state index in [0.717, 1.165) is 6.42 Å². The summed E-state index contributed by atoms with van der Waals surface area (Å²) < 4.78 is 0. The molecule has 0 unspecified atom stereocenters. The van der Waals surface area contributed by atoms with Crippen molar-refractivity contribution in [3.63, 3.8) is 0 Å². The lowest BCUT2D eigenvalue weighted by Crippen LogP contribution is -2.42. The van der Waals surface area contributed by atoms with Crippen molar-refractivity contribution in [3.05, 3.63) is 35.9 Å². The van der Waals surface area contributed by atoms with Crippen molar-refractivity contribution < 1.29 is 0 Å². The lowest BCUT2D eigenvalue weighted by molar-refractivity contribution is 0.207. The third kappa shape index (κ3) is 4.14. The molecule has 17 heavy (non-hydrogen) atoms. The summed E-state index contributed by atoms with van der Waals surface area (Å²) >= 11 is 0. The highest BCUT2D eigenvalue weighted by Gasteiger charge is 2.15. The van der Waals surface area contributed by atoms with Crippen LogP contribution >= 0.6 is 0 Å². The molecule has 1 aromatic rings. The molecule has 0 bridgehead atoms. The number of benzene rings is 1. The lowest BCUT2D eigenvalue weighted by Gasteiger charge is -2.30. The molecular weight excluding hydrogens is 208 g/mol. The van der Waals surface area contributed by atoms with E-state index >= 15 is 0 Å². The molecule has 0 radical (unpaired) electrons. The highest BCUT2D eigenvalue weighted by molar-refractivity contribution is 5.16. The molecule has 0 saturated carbocycles. The topological polar surface area (TPSA) is 15.3 Å². The molecule has 1 saturated heterocycles. The van der Waals surface area contributed by atoms with Gasteiger partial charge in [0.05, 0.1) is 0 Å². The Hall–Kier alpha value is -0.860. The zero-order valence-corrected chi connectivity index (χ0v) is 10.9. The van der Waals surface area contributed by atoms with Crippen LogP contribution in [-0.4, -0.2) is 37.6 Å². The summed E-state index contributed by atoms with van der Waals surface area (Å²) in [4.78, 5) is 2.60. The summed E-state index contributed by atoms with van der Waals surface area (Å²) in [5.41, 5.74) is 1.43. The number of hydrogen-bond acceptors (Lipinski definition) is 2. The molecule has 0 aliphatic carbocycles. The van der Waals surface area contributed by atoms with Crippen LogP contribution in [0.25, 0.3) is 0 Å². The molecule has 2 heteroatoms. The standard InChI is InChI=1S/C15H24N2/c1-16-15(12-14-8-4-2-5-9-14)13-17-10-6-3-7-11-17/h2,4-5,8-9,15-16H,3,6-7,10-13H2,1H3/t15-/m1/s1. The Morgan fingerprint density at radius 3 is 2.47 bits per heavy atom. The average molecular weight is 232 g/mol. The predicted molar refractivity (Wildman–Crippen MR) is 73.3 cm³/mol. The first kappa shape index (κ1) is 12.6. The maximum atomic E-state index is 3.46. The summed E-state index contributed by atoms with van der Waals surface area (Å²) in [6.07, 6.45) is 5.30. The molecule has 1 aliphatic rings. The van der Waals surface area contributed by atoms with Gasteiger partial charge >= 0.3 is 0 Å². The van der Waals surface area contributed by atoms with Gasteiger partial charge in [0, 0.05) is 12.6 Å². The summed E-state index contributed by atoms with van der Waals surface area (Å²) in [5, 5.41) is 3.46. The Morgan fingerprint density at radius 1 is 1.12 bits per heavy atom. The van der Waals surface area contributed by atoms with Crippen molar-refractivity contribution >= 4 is 0 Å². The van der Waals surface area contributed by atoms with E-state index in [9.17, 15) is 0 Å². The maximum Gasteiger partial charge on any atom is 0.0232 e. The van der Waals surface area contributed by atoms with Crippen LogP contribution in [0.3, 0.4) is 0 Å². The van der Waals surface area contributed by atoms with Crippen molar-refractivity contribution in [2.75, 3.05) is 26.7 Å². The van der Waals surface area contributed by atoms with E-state index in [-0.39, 0.29) is 0 Å². The summed E-state index contributed by atoms with van der Waals surface area (Å²) in [5.74, 6) is 0. The molecule has 0 spiro atoms. The van der Waals surface area contributed by atoms with Crippen molar-refractivity contribution in [1.29, 1.82) is 0 Å². The zero-order chi connectivity index (χ0) is 11.9. The summed E-state index contributed by atoms with van der Waals surface area (Å²) in [6, 6.07) is 11.4. The first-order valence-electron chi connectivity index (χ1n) is 6.82. The fourth-order valence-electron chi connectivity index (χ4n) is 2.61. The van der Waals surface area contributed by atoms with Gasteiger partial charge in [-0.3, -0.25) is 0 Å². The fourth-order valence-corrected chi connectivity index (χ4v) is 2.61. The zero-order valence-electron chi connectivity index (χ0n) is 10.9. The molecule has 0 aromatic heterocycles. The Morgan fingerprint density at radius 2 is 1.82 bits per heavy atom. The van der Waals surface area contributed by atoms with Crippen molar-refractivity contribution in [1.82, 2.24) is 10.2 Å². The van der Waals surface area contributed by atoms with Gasteiger partial charge in [-0.05, 0) is 45.0 Å². The molecule has 1 atom stereocenters. The van der Waals surface area contributed by atoms with Crippen molar-refractivity contribution in [3.8, 4) is 0 Å². The lowest BCUT2D eigenvalue weighted by atomic mass is 10.0. The van der Waals surface area contributed by atoms with E-state index in [0.29, 0.717) is 6.04 Å². The molecule has 1 aliphatic heterocycles. The number of likely N-dealkylation sites (tertiary alicyclic amines) is 1. The largest absolute Gasteiger partial charge is 0.315 e. The highest BCUT2D eigenvalue weighted by atomic mass is 15.1. The predicted octanol–water partition coefficient (Wildman–Crippen LogP) is 2.30. The van der Waals surface area contributed by atoms with Gasteiger partial charge in [-0.2, -0.15) is 0 Å². The first-order chi connectivity index (χ1) is 8.38. The van der Waals surface area contributed by atoms with E-state index in [1.165, 1.54) is 44.5 Å². The SMILES string of the molecule is CN[C@H](Cc1ccccc1)CN1CCCCC1. The second kappa shape index (κ2) is 6.77. The van der Waals surface area contributed by atoms with E-state index in [1.807, 2.05) is 0 Å². The minimum absolute atomic E-state index is 0.579. The van der Waals surface area contributed by atoms with Gasteiger partial charge in [0.1, 0.15) is 0 Å².